The van der Waals surface area contributed by atoms with Crippen LogP contribution in [0.15, 0.2) is 73.2 Å². The molecule has 13 nitrogen and oxygen atoms in total. The van der Waals surface area contributed by atoms with Gasteiger partial charge in [-0.1, -0.05) is 30.3 Å². The van der Waals surface area contributed by atoms with E-state index in [0.717, 1.165) is 5.69 Å². The first kappa shape index (κ1) is 32.9. The maximum absolute atomic E-state index is 13.5. The van der Waals surface area contributed by atoms with Crippen molar-refractivity contribution in [2.24, 2.45) is 0 Å². The van der Waals surface area contributed by atoms with Crippen LogP contribution in [0.25, 0.3) is 11.3 Å². The van der Waals surface area contributed by atoms with Crippen molar-refractivity contribution in [3.8, 4) is 11.3 Å². The second kappa shape index (κ2) is 13.9. The average molecular weight is 641 g/mol. The van der Waals surface area contributed by atoms with Crippen molar-refractivity contribution in [2.45, 2.75) is 51.4 Å². The van der Waals surface area contributed by atoms with E-state index in [9.17, 15) is 14.4 Å². The molecule has 1 fully saturated rings. The molecule has 1 aliphatic rings. The van der Waals surface area contributed by atoms with E-state index in [-0.39, 0.29) is 23.6 Å². The van der Waals surface area contributed by atoms with Crippen molar-refractivity contribution in [1.29, 1.82) is 0 Å². The molecule has 0 saturated carbocycles. The first-order chi connectivity index (χ1) is 22.4. The number of ether oxygens (including phenoxy) is 2. The lowest BCUT2D eigenvalue weighted by molar-refractivity contribution is -0.125. The van der Waals surface area contributed by atoms with Crippen molar-refractivity contribution in [3.63, 3.8) is 0 Å². The number of aromatic nitrogens is 4. The summed E-state index contributed by atoms with van der Waals surface area (Å²) < 4.78 is 13.1. The number of nitrogens with zero attached hydrogens (tertiary/aromatic N) is 6. The molecule has 13 heteroatoms. The molecule has 0 spiro atoms. The summed E-state index contributed by atoms with van der Waals surface area (Å²) in [4.78, 5) is 51.7. The van der Waals surface area contributed by atoms with Gasteiger partial charge in [0, 0.05) is 55.9 Å². The van der Waals surface area contributed by atoms with Crippen molar-refractivity contribution in [2.75, 3.05) is 43.1 Å². The number of carbonyl (C=O) groups is 3. The molecule has 0 radical (unpaired) electrons. The summed E-state index contributed by atoms with van der Waals surface area (Å²) in [5, 5.41) is 7.35. The second-order valence-electron chi connectivity index (χ2n) is 12.5. The van der Waals surface area contributed by atoms with Crippen molar-refractivity contribution < 1.29 is 23.9 Å². The topological polar surface area (TPSA) is 158 Å². The predicted molar refractivity (Wildman–Crippen MR) is 178 cm³/mol. The number of nitrogens with one attached hydrogen (secondary N) is 1. The van der Waals surface area contributed by atoms with Crippen LogP contribution >= 0.6 is 0 Å². The molecule has 5 rings (SSSR count). The summed E-state index contributed by atoms with van der Waals surface area (Å²) >= 11 is 0. The molecule has 4 aromatic rings. The summed E-state index contributed by atoms with van der Waals surface area (Å²) in [6.07, 6.45) is 4.72. The van der Waals surface area contributed by atoms with Gasteiger partial charge in [0.1, 0.15) is 5.60 Å². The quantitative estimate of drug-likeness (QED) is 0.248. The van der Waals surface area contributed by atoms with E-state index in [4.69, 9.17) is 15.2 Å². The fraction of sp³-hybridized carbons (Fsp3) is 0.353. The van der Waals surface area contributed by atoms with Crippen LogP contribution in [-0.4, -0.2) is 75.4 Å². The Bertz CT molecular complexity index is 1710. The molecule has 246 valence electrons. The number of piperidine rings is 1. The highest BCUT2D eigenvalue weighted by atomic mass is 16.6. The number of hydrogen-bond donors (Lipinski definition) is 2. The van der Waals surface area contributed by atoms with Crippen LogP contribution in [0.5, 0.6) is 0 Å². The van der Waals surface area contributed by atoms with E-state index in [1.807, 2.05) is 62.8 Å². The molecule has 3 N–H and O–H groups in total. The number of amides is 2. The van der Waals surface area contributed by atoms with Crippen LogP contribution in [-0.2, 0) is 14.3 Å². The third-order valence-electron chi connectivity index (χ3n) is 7.60. The van der Waals surface area contributed by atoms with Crippen LogP contribution in [0.4, 0.5) is 22.0 Å². The van der Waals surface area contributed by atoms with E-state index >= 15 is 0 Å². The van der Waals surface area contributed by atoms with Gasteiger partial charge in [0.15, 0.2) is 11.5 Å². The third kappa shape index (κ3) is 8.23. The van der Waals surface area contributed by atoms with Crippen LogP contribution in [0.3, 0.4) is 0 Å². The smallest absolute Gasteiger partial charge is 0.410 e. The normalized spacial score (nSPS) is 14.3. The Labute approximate surface area is 273 Å². The molecule has 1 atom stereocenters. The summed E-state index contributed by atoms with van der Waals surface area (Å²) in [6.45, 7) is 6.63. The SMILES string of the molecule is CN(C)c1ccc(NC(=O)[C@H](OC(=O)c2nc(-c3cnn(C4CCN(C(=O)OC(C)(C)C)CC4)c3)cnc2N)c2ccccc2)cc1. The molecule has 0 bridgehead atoms. The number of benzene rings is 2. The van der Waals surface area contributed by atoms with E-state index in [0.29, 0.717) is 48.4 Å². The van der Waals surface area contributed by atoms with Gasteiger partial charge in [-0.05, 0) is 57.9 Å². The molecule has 0 unspecified atom stereocenters. The zero-order chi connectivity index (χ0) is 33.7. The van der Waals surface area contributed by atoms with Gasteiger partial charge < -0.3 is 30.3 Å². The number of nitrogens with two attached hydrogens (primary N) is 1. The predicted octanol–water partition coefficient (Wildman–Crippen LogP) is 5.10. The lowest BCUT2D eigenvalue weighted by Crippen LogP contribution is -2.42. The highest BCUT2D eigenvalue weighted by Gasteiger charge is 2.30. The Morgan fingerprint density at radius 3 is 2.32 bits per heavy atom. The summed E-state index contributed by atoms with van der Waals surface area (Å²) in [6, 6.07) is 16.1. The number of likely N-dealkylation sites (tertiary alicyclic amines) is 1. The second-order valence-corrected chi connectivity index (χ2v) is 12.5. The molecule has 3 heterocycles. The Hall–Kier alpha value is -5.46. The minimum absolute atomic E-state index is 0.0674. The van der Waals surface area contributed by atoms with Crippen LogP contribution in [0.2, 0.25) is 0 Å². The molecular weight excluding hydrogens is 600 g/mol. The van der Waals surface area contributed by atoms with Gasteiger partial charge >= 0.3 is 12.1 Å². The number of esters is 1. The van der Waals surface area contributed by atoms with Crippen molar-refractivity contribution in [1.82, 2.24) is 24.6 Å². The van der Waals surface area contributed by atoms with E-state index in [1.54, 1.807) is 53.6 Å². The molecule has 1 aliphatic heterocycles. The Balaban J connectivity index is 1.29. The molecule has 1 saturated heterocycles. The summed E-state index contributed by atoms with van der Waals surface area (Å²) in [5.41, 5.74) is 8.29. The fourth-order valence-electron chi connectivity index (χ4n) is 5.11. The minimum Gasteiger partial charge on any atom is -0.444 e. The van der Waals surface area contributed by atoms with Gasteiger partial charge in [0.2, 0.25) is 6.10 Å². The summed E-state index contributed by atoms with van der Waals surface area (Å²) in [7, 11) is 3.85. The zero-order valence-corrected chi connectivity index (χ0v) is 27.2. The molecule has 0 aliphatic carbocycles. The maximum Gasteiger partial charge on any atom is 0.410 e. The number of hydrogen-bond acceptors (Lipinski definition) is 10. The minimum atomic E-state index is -1.28. The number of anilines is 3. The van der Waals surface area contributed by atoms with Gasteiger partial charge in [-0.25, -0.2) is 19.6 Å². The lowest BCUT2D eigenvalue weighted by atomic mass is 10.1. The Kier molecular flexibility index (Phi) is 9.73. The van der Waals surface area contributed by atoms with Crippen LogP contribution < -0.4 is 16.0 Å². The third-order valence-corrected chi connectivity index (χ3v) is 7.60. The Morgan fingerprint density at radius 2 is 1.68 bits per heavy atom. The highest BCUT2D eigenvalue weighted by Crippen LogP contribution is 2.28. The largest absolute Gasteiger partial charge is 0.444 e. The number of rotatable bonds is 8. The van der Waals surface area contributed by atoms with Gasteiger partial charge in [-0.2, -0.15) is 5.10 Å². The van der Waals surface area contributed by atoms with E-state index in [2.05, 4.69) is 20.4 Å². The van der Waals surface area contributed by atoms with E-state index < -0.39 is 23.6 Å². The number of nitrogen functional groups attached to an aromatic ring is 1. The van der Waals surface area contributed by atoms with Crippen LogP contribution in [0.1, 0.15) is 61.8 Å². The van der Waals surface area contributed by atoms with Crippen molar-refractivity contribution in [3.05, 3.63) is 84.4 Å². The van der Waals surface area contributed by atoms with Gasteiger partial charge in [0.25, 0.3) is 5.91 Å². The molecule has 2 amide bonds. The molecular formula is C34H40N8O5. The maximum atomic E-state index is 13.5. The van der Waals surface area contributed by atoms with Crippen molar-refractivity contribution >= 4 is 35.2 Å². The molecule has 2 aromatic heterocycles. The molecule has 2 aromatic carbocycles. The first-order valence-electron chi connectivity index (χ1n) is 15.4. The highest BCUT2D eigenvalue weighted by molar-refractivity contribution is 5.99. The van der Waals surface area contributed by atoms with Gasteiger partial charge in [0.05, 0.1) is 24.1 Å². The lowest BCUT2D eigenvalue weighted by Gasteiger charge is -2.33. The first-order valence-corrected chi connectivity index (χ1v) is 15.4. The zero-order valence-electron chi connectivity index (χ0n) is 27.2. The monoisotopic (exact) mass is 640 g/mol. The average Bonchev–Trinajstić information content (AvgIpc) is 3.54. The Morgan fingerprint density at radius 1 is 1.00 bits per heavy atom. The van der Waals surface area contributed by atoms with Gasteiger partial charge in [-0.3, -0.25) is 9.48 Å². The standard InChI is InChI=1S/C34H40N8O5/c1-34(2,3)47-33(45)41-17-15-26(16-18-41)42-21-23(19-37-42)27-20-36-30(35)28(39-27)32(44)46-29(22-9-7-6-8-10-22)31(43)38-24-11-13-25(14-12-24)40(4)5/h6-14,19-21,26,29H,15-18H2,1-5H3,(H2,35,36)(H,38,43)/t29-/m1/s1. The number of carbonyl (C=O) groups excluding carboxylic acids is 3. The van der Waals surface area contributed by atoms with Crippen LogP contribution in [0, 0.1) is 0 Å². The van der Waals surface area contributed by atoms with E-state index in [1.165, 1.54) is 6.20 Å². The summed E-state index contributed by atoms with van der Waals surface area (Å²) in [5.74, 6) is -1.57. The fourth-order valence-corrected chi connectivity index (χ4v) is 5.11. The molecule has 47 heavy (non-hydrogen) atoms. The van der Waals surface area contributed by atoms with Gasteiger partial charge in [-0.15, -0.1) is 0 Å².